The maximum atomic E-state index is 14.3. The predicted molar refractivity (Wildman–Crippen MR) is 154 cm³/mol. The van der Waals surface area contributed by atoms with Crippen LogP contribution in [0.25, 0.3) is 28.8 Å². The van der Waals surface area contributed by atoms with Gasteiger partial charge in [0.25, 0.3) is 10.0 Å². The van der Waals surface area contributed by atoms with Crippen molar-refractivity contribution in [3.8, 4) is 28.5 Å². The Kier molecular flexibility index (Phi) is 7.66. The summed E-state index contributed by atoms with van der Waals surface area (Å²) in [7, 11) is -3.11. The SMILES string of the molecule is COc1ncc(-c2cc(-c3nnc(CN4CCN(C(C)C)CC4)o3)c3c(c2)=NC=3)cc1NS(=O)(=O)c1ccc(F)cc1F. The van der Waals surface area contributed by atoms with E-state index in [1.165, 1.54) is 19.4 Å². The number of nitrogens with zero attached hydrogens (tertiary/aromatic N) is 6. The topological polar surface area (TPSA) is 126 Å². The lowest BCUT2D eigenvalue weighted by molar-refractivity contribution is 0.0979. The van der Waals surface area contributed by atoms with Gasteiger partial charge in [-0.1, -0.05) is 0 Å². The van der Waals surface area contributed by atoms with Crippen LogP contribution in [0.2, 0.25) is 0 Å². The molecule has 1 fully saturated rings. The number of piperazine rings is 1. The van der Waals surface area contributed by atoms with E-state index in [1.807, 2.05) is 12.1 Å². The summed E-state index contributed by atoms with van der Waals surface area (Å²) in [5.41, 5.74) is 1.82. The standard InChI is InChI=1S/C29H29F2N7O4S/c1-17(2)38-8-6-37(7-9-38)16-27-34-35-28(42-27)21-10-18(11-24-22(21)15-32-24)19-12-25(29(41-3)33-14-19)36-43(39,40)26-5-4-20(30)13-23(26)31/h4-5,10-15,17,36H,6-9,16H2,1-3H3. The number of halogens is 2. The molecule has 43 heavy (non-hydrogen) atoms. The Morgan fingerprint density at radius 3 is 2.51 bits per heavy atom. The molecule has 0 atom stereocenters. The maximum Gasteiger partial charge on any atom is 0.264 e. The number of aromatic nitrogens is 3. The van der Waals surface area contributed by atoms with Gasteiger partial charge in [-0.2, -0.15) is 0 Å². The Morgan fingerprint density at radius 1 is 1.05 bits per heavy atom. The minimum absolute atomic E-state index is 0.0332. The van der Waals surface area contributed by atoms with E-state index in [2.05, 4.69) is 48.5 Å². The van der Waals surface area contributed by atoms with Crippen molar-refractivity contribution in [1.29, 1.82) is 0 Å². The Bertz CT molecular complexity index is 1920. The van der Waals surface area contributed by atoms with Crippen molar-refractivity contribution >= 4 is 21.9 Å². The average Bonchev–Trinajstić information content (AvgIpc) is 3.41. The first-order valence-corrected chi connectivity index (χ1v) is 15.1. The van der Waals surface area contributed by atoms with Crippen molar-refractivity contribution in [2.24, 2.45) is 4.99 Å². The number of ether oxygens (including phenoxy) is 1. The first-order chi connectivity index (χ1) is 20.6. The molecule has 224 valence electrons. The molecule has 0 radical (unpaired) electrons. The highest BCUT2D eigenvalue weighted by molar-refractivity contribution is 7.92. The summed E-state index contributed by atoms with van der Waals surface area (Å²) in [6.07, 6.45) is 3.23. The van der Waals surface area contributed by atoms with E-state index in [-0.39, 0.29) is 11.6 Å². The van der Waals surface area contributed by atoms with E-state index in [1.54, 1.807) is 6.20 Å². The number of fused-ring (bicyclic) bond motifs is 1. The van der Waals surface area contributed by atoms with Crippen LogP contribution >= 0.6 is 0 Å². The molecule has 11 nitrogen and oxygen atoms in total. The fraction of sp³-hybridized carbons (Fsp3) is 0.310. The van der Waals surface area contributed by atoms with Crippen molar-refractivity contribution in [3.63, 3.8) is 0 Å². The Hall–Kier alpha value is -4.27. The summed E-state index contributed by atoms with van der Waals surface area (Å²) in [6, 6.07) is 7.90. The minimum Gasteiger partial charge on any atom is -0.480 e. The van der Waals surface area contributed by atoms with Crippen LogP contribution in [0.3, 0.4) is 0 Å². The Morgan fingerprint density at radius 2 is 1.84 bits per heavy atom. The van der Waals surface area contributed by atoms with Gasteiger partial charge in [0.15, 0.2) is 0 Å². The van der Waals surface area contributed by atoms with Gasteiger partial charge in [0, 0.05) is 61.5 Å². The fourth-order valence-corrected chi connectivity index (χ4v) is 6.19. The third-order valence-corrected chi connectivity index (χ3v) is 8.89. The quantitative estimate of drug-likeness (QED) is 0.305. The molecule has 0 amide bonds. The van der Waals surface area contributed by atoms with Crippen LogP contribution < -0.4 is 20.0 Å². The smallest absolute Gasteiger partial charge is 0.264 e. The molecule has 0 spiro atoms. The summed E-state index contributed by atoms with van der Waals surface area (Å²) in [5, 5.41) is 10.1. The molecule has 14 heteroatoms. The molecule has 4 aromatic rings. The number of benzene rings is 2. The van der Waals surface area contributed by atoms with Gasteiger partial charge >= 0.3 is 0 Å². The maximum absolute atomic E-state index is 14.3. The highest BCUT2D eigenvalue weighted by Crippen LogP contribution is 2.31. The number of rotatable bonds is 9. The second-order valence-corrected chi connectivity index (χ2v) is 12.2. The van der Waals surface area contributed by atoms with Crippen molar-refractivity contribution in [2.45, 2.75) is 31.3 Å². The van der Waals surface area contributed by atoms with Crippen LogP contribution in [0.1, 0.15) is 19.7 Å². The molecule has 0 aliphatic carbocycles. The zero-order valence-corrected chi connectivity index (χ0v) is 24.5. The molecule has 1 N–H and O–H groups in total. The van der Waals surface area contributed by atoms with E-state index in [4.69, 9.17) is 9.15 Å². The fourth-order valence-electron chi connectivity index (χ4n) is 5.09. The average molecular weight is 610 g/mol. The molecule has 0 saturated carbocycles. The number of sulfonamides is 1. The molecule has 6 rings (SSSR count). The second kappa shape index (κ2) is 11.4. The normalized spacial score (nSPS) is 15.4. The zero-order valence-electron chi connectivity index (χ0n) is 23.7. The van der Waals surface area contributed by atoms with E-state index in [0.29, 0.717) is 52.5 Å². The van der Waals surface area contributed by atoms with E-state index in [0.717, 1.165) is 43.5 Å². The first-order valence-electron chi connectivity index (χ1n) is 13.6. The predicted octanol–water partition coefficient (Wildman–Crippen LogP) is 2.78. The van der Waals surface area contributed by atoms with Crippen LogP contribution in [0.5, 0.6) is 5.88 Å². The molecule has 4 heterocycles. The van der Waals surface area contributed by atoms with Crippen molar-refractivity contribution in [2.75, 3.05) is 38.0 Å². The number of anilines is 1. The summed E-state index contributed by atoms with van der Waals surface area (Å²) in [4.78, 5) is 12.6. The van der Waals surface area contributed by atoms with Crippen LogP contribution in [0.4, 0.5) is 14.5 Å². The van der Waals surface area contributed by atoms with Crippen molar-refractivity contribution in [3.05, 3.63) is 70.7 Å². The zero-order chi connectivity index (χ0) is 30.3. The first kappa shape index (κ1) is 28.8. The lowest BCUT2D eigenvalue weighted by Crippen LogP contribution is -2.48. The Balaban J connectivity index is 1.28. The van der Waals surface area contributed by atoms with E-state index < -0.39 is 26.6 Å². The molecule has 0 unspecified atom stereocenters. The highest BCUT2D eigenvalue weighted by atomic mass is 32.2. The van der Waals surface area contributed by atoms with Crippen molar-refractivity contribution in [1.82, 2.24) is 25.0 Å². The number of hydrogen-bond acceptors (Lipinski definition) is 10. The monoisotopic (exact) mass is 609 g/mol. The summed E-state index contributed by atoms with van der Waals surface area (Å²) in [6.45, 7) is 8.74. The van der Waals surface area contributed by atoms with Gasteiger partial charge in [-0.25, -0.2) is 22.2 Å². The number of nitrogens with one attached hydrogen (secondary N) is 1. The van der Waals surface area contributed by atoms with E-state index >= 15 is 0 Å². The minimum atomic E-state index is -4.44. The van der Waals surface area contributed by atoms with Gasteiger partial charge in [-0.15, -0.1) is 10.2 Å². The highest BCUT2D eigenvalue weighted by Gasteiger charge is 2.24. The van der Waals surface area contributed by atoms with Gasteiger partial charge in [-0.05, 0) is 49.7 Å². The molecule has 2 aliphatic rings. The molecular formula is C29H29F2N7O4S. The van der Waals surface area contributed by atoms with Crippen LogP contribution in [0.15, 0.2) is 56.9 Å². The van der Waals surface area contributed by atoms with Gasteiger partial charge < -0.3 is 9.15 Å². The number of hydrogen-bond donors (Lipinski definition) is 1. The summed E-state index contributed by atoms with van der Waals surface area (Å²) >= 11 is 0. The molecule has 2 aliphatic heterocycles. The largest absolute Gasteiger partial charge is 0.480 e. The lowest BCUT2D eigenvalue weighted by atomic mass is 10.0. The second-order valence-electron chi connectivity index (χ2n) is 10.6. The summed E-state index contributed by atoms with van der Waals surface area (Å²) < 4.78 is 67.3. The third-order valence-electron chi connectivity index (χ3n) is 7.49. The van der Waals surface area contributed by atoms with Gasteiger partial charge in [0.1, 0.15) is 22.2 Å². The van der Waals surface area contributed by atoms with Crippen molar-refractivity contribution < 1.29 is 26.4 Å². The third kappa shape index (κ3) is 5.85. The molecule has 2 aromatic heterocycles. The van der Waals surface area contributed by atoms with E-state index in [9.17, 15) is 17.2 Å². The summed E-state index contributed by atoms with van der Waals surface area (Å²) in [5.74, 6) is -1.30. The van der Waals surface area contributed by atoms with Gasteiger partial charge in [0.05, 0.1) is 24.6 Å². The van der Waals surface area contributed by atoms with Crippen LogP contribution in [-0.2, 0) is 16.6 Å². The van der Waals surface area contributed by atoms with Gasteiger partial charge in [-0.3, -0.25) is 19.5 Å². The molecule has 2 aromatic carbocycles. The van der Waals surface area contributed by atoms with Crippen LogP contribution in [0, 0.1) is 11.6 Å². The molecular weight excluding hydrogens is 580 g/mol. The lowest BCUT2D eigenvalue weighted by Gasteiger charge is -2.36. The molecule has 1 saturated heterocycles. The number of methoxy groups -OCH3 is 1. The Labute approximate surface area is 246 Å². The number of pyridine rings is 1. The molecule has 0 bridgehead atoms. The van der Waals surface area contributed by atoms with Crippen LogP contribution in [-0.4, -0.2) is 72.7 Å². The van der Waals surface area contributed by atoms with Gasteiger partial charge in [0.2, 0.25) is 17.7 Å².